The van der Waals surface area contributed by atoms with Crippen molar-refractivity contribution in [1.29, 1.82) is 0 Å². The summed E-state index contributed by atoms with van der Waals surface area (Å²) < 4.78 is 4.99. The van der Waals surface area contributed by atoms with E-state index in [0.29, 0.717) is 24.3 Å². The number of nitrogens with one attached hydrogen (secondary N) is 1. The summed E-state index contributed by atoms with van der Waals surface area (Å²) in [6.45, 7) is 2.22. The van der Waals surface area contributed by atoms with Crippen molar-refractivity contribution in [3.63, 3.8) is 0 Å². The second kappa shape index (κ2) is 7.13. The smallest absolute Gasteiger partial charge is 0.326 e. The lowest BCUT2D eigenvalue weighted by atomic mass is 10.1. The number of carbonyl (C=O) groups is 2. The number of amides is 1. The van der Waals surface area contributed by atoms with Gasteiger partial charge in [-0.1, -0.05) is 13.3 Å². The Morgan fingerprint density at radius 2 is 2.28 bits per heavy atom. The van der Waals surface area contributed by atoms with Gasteiger partial charge in [0.1, 0.15) is 6.04 Å². The van der Waals surface area contributed by atoms with Gasteiger partial charge < -0.3 is 15.2 Å². The molecule has 5 nitrogen and oxygen atoms in total. The minimum Gasteiger partial charge on any atom is -0.480 e. The fourth-order valence-corrected chi connectivity index (χ4v) is 2.39. The summed E-state index contributed by atoms with van der Waals surface area (Å²) in [7, 11) is 1.55. The molecule has 0 fully saturated rings. The summed E-state index contributed by atoms with van der Waals surface area (Å²) in [5, 5.41) is 13.3. The van der Waals surface area contributed by atoms with Crippen LogP contribution in [-0.4, -0.2) is 30.1 Å². The molecule has 1 heterocycles. The summed E-state index contributed by atoms with van der Waals surface area (Å²) in [6, 6.07) is 0.971. The van der Waals surface area contributed by atoms with Gasteiger partial charge in [0.25, 0.3) is 5.91 Å². The van der Waals surface area contributed by atoms with Crippen LogP contribution in [0.3, 0.4) is 0 Å². The zero-order chi connectivity index (χ0) is 13.5. The fourth-order valence-electron chi connectivity index (χ4n) is 1.57. The van der Waals surface area contributed by atoms with E-state index >= 15 is 0 Å². The number of carboxylic acid groups (broad SMARTS) is 1. The van der Waals surface area contributed by atoms with Crippen molar-refractivity contribution < 1.29 is 19.4 Å². The lowest BCUT2D eigenvalue weighted by Gasteiger charge is -2.13. The molecule has 1 aromatic rings. The minimum atomic E-state index is -1.00. The molecule has 1 aromatic heterocycles. The van der Waals surface area contributed by atoms with E-state index < -0.39 is 12.0 Å². The van der Waals surface area contributed by atoms with Crippen LogP contribution in [0.2, 0.25) is 0 Å². The van der Waals surface area contributed by atoms with Crippen LogP contribution in [-0.2, 0) is 16.1 Å². The molecular weight excluding hydrogens is 254 g/mol. The van der Waals surface area contributed by atoms with E-state index in [1.807, 2.05) is 6.92 Å². The van der Waals surface area contributed by atoms with Crippen molar-refractivity contribution in [2.45, 2.75) is 32.4 Å². The molecule has 1 amide bonds. The van der Waals surface area contributed by atoms with Crippen LogP contribution >= 0.6 is 11.3 Å². The monoisotopic (exact) mass is 271 g/mol. The van der Waals surface area contributed by atoms with E-state index in [2.05, 4.69) is 5.32 Å². The molecule has 0 saturated heterocycles. The maximum absolute atomic E-state index is 12.0. The normalized spacial score (nSPS) is 12.1. The largest absolute Gasteiger partial charge is 0.480 e. The number of carboxylic acids is 1. The molecule has 0 aliphatic carbocycles. The Morgan fingerprint density at radius 3 is 2.83 bits per heavy atom. The van der Waals surface area contributed by atoms with E-state index in [1.54, 1.807) is 18.6 Å². The van der Waals surface area contributed by atoms with Crippen molar-refractivity contribution in [3.8, 4) is 0 Å². The van der Waals surface area contributed by atoms with Gasteiger partial charge >= 0.3 is 5.97 Å². The molecule has 6 heteroatoms. The topological polar surface area (TPSA) is 75.6 Å². The first kappa shape index (κ1) is 14.7. The summed E-state index contributed by atoms with van der Waals surface area (Å²) in [6.07, 6.45) is 1.12. The van der Waals surface area contributed by atoms with Crippen molar-refractivity contribution in [2.24, 2.45) is 0 Å². The van der Waals surface area contributed by atoms with Gasteiger partial charge in [0, 0.05) is 12.7 Å². The maximum atomic E-state index is 12.0. The van der Waals surface area contributed by atoms with Gasteiger partial charge in [-0.15, -0.1) is 11.3 Å². The highest BCUT2D eigenvalue weighted by atomic mass is 32.1. The van der Waals surface area contributed by atoms with E-state index in [9.17, 15) is 9.59 Å². The summed E-state index contributed by atoms with van der Waals surface area (Å²) >= 11 is 1.28. The number of rotatable bonds is 7. The zero-order valence-electron chi connectivity index (χ0n) is 10.4. The number of methoxy groups -OCH3 is 1. The molecule has 0 spiro atoms. The molecule has 0 radical (unpaired) electrons. The first-order valence-electron chi connectivity index (χ1n) is 5.69. The number of hydrogen-bond acceptors (Lipinski definition) is 4. The second-order valence-electron chi connectivity index (χ2n) is 3.86. The lowest BCUT2D eigenvalue weighted by molar-refractivity contribution is -0.139. The van der Waals surface area contributed by atoms with Crippen LogP contribution in [0.1, 0.15) is 35.0 Å². The highest BCUT2D eigenvalue weighted by molar-refractivity contribution is 7.12. The minimum absolute atomic E-state index is 0.345. The quantitative estimate of drug-likeness (QED) is 0.794. The van der Waals surface area contributed by atoms with Crippen LogP contribution in [0.15, 0.2) is 11.4 Å². The molecule has 0 bridgehead atoms. The molecule has 0 aliphatic rings. The predicted molar refractivity (Wildman–Crippen MR) is 68.8 cm³/mol. The van der Waals surface area contributed by atoms with Crippen LogP contribution in [0.25, 0.3) is 0 Å². The Kier molecular flexibility index (Phi) is 5.80. The fraction of sp³-hybridized carbons (Fsp3) is 0.500. The average Bonchev–Trinajstić information content (AvgIpc) is 2.77. The van der Waals surface area contributed by atoms with E-state index in [-0.39, 0.29) is 5.91 Å². The Bertz CT molecular complexity index is 416. The summed E-state index contributed by atoms with van der Waals surface area (Å²) in [5.41, 5.74) is 0.778. The summed E-state index contributed by atoms with van der Waals surface area (Å²) in [5.74, 6) is -1.35. The third kappa shape index (κ3) is 3.82. The van der Waals surface area contributed by atoms with Gasteiger partial charge in [-0.05, 0) is 17.9 Å². The Balaban J connectivity index is 2.74. The van der Waals surface area contributed by atoms with Gasteiger partial charge in [-0.25, -0.2) is 4.79 Å². The Morgan fingerprint density at radius 1 is 1.56 bits per heavy atom. The first-order valence-corrected chi connectivity index (χ1v) is 6.57. The molecule has 1 rings (SSSR count). The van der Waals surface area contributed by atoms with Gasteiger partial charge in [-0.3, -0.25) is 4.79 Å². The van der Waals surface area contributed by atoms with Crippen molar-refractivity contribution in [3.05, 3.63) is 21.9 Å². The third-order valence-electron chi connectivity index (χ3n) is 2.43. The Labute approximate surface area is 110 Å². The van der Waals surface area contributed by atoms with Gasteiger partial charge in [0.2, 0.25) is 0 Å². The van der Waals surface area contributed by atoms with E-state index in [0.717, 1.165) is 5.56 Å². The number of thiophene rings is 1. The number of ether oxygens (including phenoxy) is 1. The Hall–Kier alpha value is -1.40. The highest BCUT2D eigenvalue weighted by Gasteiger charge is 2.21. The van der Waals surface area contributed by atoms with Crippen LogP contribution in [0.5, 0.6) is 0 Å². The predicted octanol–water partition coefficient (Wildman–Crippen LogP) is 1.88. The van der Waals surface area contributed by atoms with E-state index in [1.165, 1.54) is 11.3 Å². The molecule has 18 heavy (non-hydrogen) atoms. The first-order chi connectivity index (χ1) is 8.60. The van der Waals surface area contributed by atoms with Crippen molar-refractivity contribution >= 4 is 23.2 Å². The standard InChI is InChI=1S/C12H17NO4S/c1-3-4-9(12(15)16)13-11(14)10-8(7-17-2)5-6-18-10/h5-6,9H,3-4,7H2,1-2H3,(H,13,14)(H,15,16). The molecule has 0 saturated carbocycles. The lowest BCUT2D eigenvalue weighted by Crippen LogP contribution is -2.40. The zero-order valence-corrected chi connectivity index (χ0v) is 11.3. The molecule has 100 valence electrons. The third-order valence-corrected chi connectivity index (χ3v) is 3.39. The number of aliphatic carboxylic acids is 1. The van der Waals surface area contributed by atoms with Gasteiger partial charge in [-0.2, -0.15) is 0 Å². The van der Waals surface area contributed by atoms with Crippen LogP contribution in [0.4, 0.5) is 0 Å². The SMILES string of the molecule is CCCC(NC(=O)c1sccc1COC)C(=O)O. The summed E-state index contributed by atoms with van der Waals surface area (Å²) in [4.78, 5) is 23.5. The molecule has 1 atom stereocenters. The van der Waals surface area contributed by atoms with Gasteiger partial charge in [0.15, 0.2) is 0 Å². The van der Waals surface area contributed by atoms with Gasteiger partial charge in [0.05, 0.1) is 11.5 Å². The molecule has 0 aromatic carbocycles. The molecular formula is C12H17NO4S. The molecule has 0 aliphatic heterocycles. The highest BCUT2D eigenvalue weighted by Crippen LogP contribution is 2.18. The van der Waals surface area contributed by atoms with Crippen molar-refractivity contribution in [1.82, 2.24) is 5.32 Å². The average molecular weight is 271 g/mol. The number of carbonyl (C=O) groups excluding carboxylic acids is 1. The maximum Gasteiger partial charge on any atom is 0.326 e. The molecule has 2 N–H and O–H groups in total. The van der Waals surface area contributed by atoms with Crippen LogP contribution in [0, 0.1) is 0 Å². The number of hydrogen-bond donors (Lipinski definition) is 2. The van der Waals surface area contributed by atoms with E-state index in [4.69, 9.17) is 9.84 Å². The second-order valence-corrected chi connectivity index (χ2v) is 4.78. The van der Waals surface area contributed by atoms with Crippen molar-refractivity contribution in [2.75, 3.05) is 7.11 Å². The molecule has 1 unspecified atom stereocenters. The van der Waals surface area contributed by atoms with Crippen LogP contribution < -0.4 is 5.32 Å².